The van der Waals surface area contributed by atoms with Gasteiger partial charge in [-0.2, -0.15) is 0 Å². The molecule has 18 heavy (non-hydrogen) atoms. The Kier molecular flexibility index (Phi) is 4.54. The van der Waals surface area contributed by atoms with Crippen LogP contribution < -0.4 is 0 Å². The second-order valence-electron chi connectivity index (χ2n) is 4.18. The average Bonchev–Trinajstić information content (AvgIpc) is 2.41. The summed E-state index contributed by atoms with van der Waals surface area (Å²) in [6.45, 7) is 2.01. The fourth-order valence-corrected chi connectivity index (χ4v) is 2.72. The van der Waals surface area contributed by atoms with E-state index >= 15 is 0 Å². The molecule has 0 radical (unpaired) electrons. The molecule has 94 valence electrons. The van der Waals surface area contributed by atoms with Crippen LogP contribution in [-0.4, -0.2) is 10.1 Å². The topological polar surface area (TPSA) is 33.1 Å². The Labute approximate surface area is 123 Å². The normalized spacial score (nSPS) is 14.2. The van der Waals surface area contributed by atoms with Crippen LogP contribution in [-0.2, 0) is 0 Å². The minimum absolute atomic E-state index is 0.0126. The van der Waals surface area contributed by atoms with Gasteiger partial charge in [-0.05, 0) is 41.5 Å². The van der Waals surface area contributed by atoms with Crippen molar-refractivity contribution in [1.29, 1.82) is 0 Å². The van der Waals surface area contributed by atoms with Crippen LogP contribution in [0.5, 0.6) is 0 Å². The van der Waals surface area contributed by atoms with Crippen LogP contribution >= 0.6 is 31.9 Å². The predicted molar refractivity (Wildman–Crippen MR) is 79.5 cm³/mol. The van der Waals surface area contributed by atoms with Gasteiger partial charge in [-0.15, -0.1) is 0 Å². The van der Waals surface area contributed by atoms with Gasteiger partial charge >= 0.3 is 0 Å². The van der Waals surface area contributed by atoms with E-state index in [9.17, 15) is 5.11 Å². The van der Waals surface area contributed by atoms with Crippen molar-refractivity contribution >= 4 is 31.9 Å². The number of hydrogen-bond donors (Lipinski definition) is 1. The van der Waals surface area contributed by atoms with E-state index in [0.29, 0.717) is 0 Å². The molecule has 0 amide bonds. The molecule has 2 aromatic rings. The molecule has 0 aliphatic rings. The van der Waals surface area contributed by atoms with Crippen molar-refractivity contribution in [3.63, 3.8) is 0 Å². The Morgan fingerprint density at radius 1 is 1.11 bits per heavy atom. The SMILES string of the molecule is CC(c1ccncc1)C(O)c1cc(Br)ccc1Br. The van der Waals surface area contributed by atoms with Gasteiger partial charge in [-0.3, -0.25) is 4.98 Å². The highest BCUT2D eigenvalue weighted by Crippen LogP contribution is 2.35. The van der Waals surface area contributed by atoms with Crippen molar-refractivity contribution < 1.29 is 5.11 Å². The highest BCUT2D eigenvalue weighted by molar-refractivity contribution is 9.11. The van der Waals surface area contributed by atoms with Crippen molar-refractivity contribution in [3.8, 4) is 0 Å². The number of benzene rings is 1. The fraction of sp³-hybridized carbons (Fsp3) is 0.214. The third-order valence-electron chi connectivity index (χ3n) is 2.98. The number of halogens is 2. The molecule has 0 bridgehead atoms. The molecule has 2 unspecified atom stereocenters. The van der Waals surface area contributed by atoms with E-state index < -0.39 is 6.10 Å². The van der Waals surface area contributed by atoms with Crippen molar-refractivity contribution in [2.45, 2.75) is 18.9 Å². The maximum atomic E-state index is 10.5. The van der Waals surface area contributed by atoms with E-state index in [0.717, 1.165) is 20.1 Å². The molecule has 0 fully saturated rings. The number of pyridine rings is 1. The summed E-state index contributed by atoms with van der Waals surface area (Å²) in [6.07, 6.45) is 2.93. The summed E-state index contributed by atoms with van der Waals surface area (Å²) in [7, 11) is 0. The summed E-state index contributed by atoms with van der Waals surface area (Å²) < 4.78 is 1.88. The van der Waals surface area contributed by atoms with Gasteiger partial charge in [-0.25, -0.2) is 0 Å². The summed E-state index contributed by atoms with van der Waals surface area (Å²) in [5.74, 6) is 0.0126. The predicted octanol–water partition coefficient (Wildman–Crippen LogP) is 4.44. The molecule has 0 aliphatic heterocycles. The highest BCUT2D eigenvalue weighted by Gasteiger charge is 2.20. The smallest absolute Gasteiger partial charge is 0.0867 e. The van der Waals surface area contributed by atoms with Crippen LogP contribution in [0.1, 0.15) is 30.1 Å². The highest BCUT2D eigenvalue weighted by atomic mass is 79.9. The van der Waals surface area contributed by atoms with Crippen LogP contribution in [0.15, 0.2) is 51.7 Å². The molecule has 1 aromatic carbocycles. The van der Waals surface area contributed by atoms with Crippen molar-refractivity contribution in [2.75, 3.05) is 0 Å². The van der Waals surface area contributed by atoms with Gasteiger partial charge in [0.1, 0.15) is 0 Å². The Morgan fingerprint density at radius 3 is 2.44 bits per heavy atom. The molecule has 0 saturated carbocycles. The second kappa shape index (κ2) is 5.95. The summed E-state index contributed by atoms with van der Waals surface area (Å²) >= 11 is 6.91. The molecule has 2 nitrogen and oxygen atoms in total. The van der Waals surface area contributed by atoms with Gasteiger partial charge in [0, 0.05) is 27.3 Å². The molecule has 1 aromatic heterocycles. The van der Waals surface area contributed by atoms with E-state index in [2.05, 4.69) is 36.8 Å². The maximum absolute atomic E-state index is 10.5. The number of hydrogen-bond acceptors (Lipinski definition) is 2. The van der Waals surface area contributed by atoms with Crippen LogP contribution in [0.25, 0.3) is 0 Å². The van der Waals surface area contributed by atoms with Crippen molar-refractivity contribution in [1.82, 2.24) is 4.98 Å². The maximum Gasteiger partial charge on any atom is 0.0867 e. The second-order valence-corrected chi connectivity index (χ2v) is 5.95. The lowest BCUT2D eigenvalue weighted by Gasteiger charge is -2.21. The number of aromatic nitrogens is 1. The Balaban J connectivity index is 2.31. The molecule has 2 atom stereocenters. The van der Waals surface area contributed by atoms with E-state index in [-0.39, 0.29) is 5.92 Å². The lowest BCUT2D eigenvalue weighted by atomic mass is 9.91. The lowest BCUT2D eigenvalue weighted by Crippen LogP contribution is -2.08. The van der Waals surface area contributed by atoms with Crippen molar-refractivity contribution in [3.05, 3.63) is 62.8 Å². The van der Waals surface area contributed by atoms with Gasteiger partial charge in [0.2, 0.25) is 0 Å². The molecular weight excluding hydrogens is 358 g/mol. The summed E-state index contributed by atoms with van der Waals surface area (Å²) in [6, 6.07) is 9.67. The first kappa shape index (κ1) is 13.7. The minimum atomic E-state index is -0.556. The molecule has 0 saturated heterocycles. The number of aliphatic hydroxyl groups is 1. The molecule has 0 spiro atoms. The van der Waals surface area contributed by atoms with Gasteiger partial charge < -0.3 is 5.11 Å². The van der Waals surface area contributed by atoms with E-state index in [1.165, 1.54) is 0 Å². The minimum Gasteiger partial charge on any atom is -0.388 e. The first-order chi connectivity index (χ1) is 8.59. The number of nitrogens with zero attached hydrogens (tertiary/aromatic N) is 1. The summed E-state index contributed by atoms with van der Waals surface area (Å²) in [5.41, 5.74) is 1.96. The largest absolute Gasteiger partial charge is 0.388 e. The quantitative estimate of drug-likeness (QED) is 0.866. The molecule has 1 N–H and O–H groups in total. The molecule has 0 aliphatic carbocycles. The first-order valence-electron chi connectivity index (χ1n) is 5.62. The standard InChI is InChI=1S/C14H13Br2NO/c1-9(10-4-6-17-7-5-10)14(18)12-8-11(15)2-3-13(12)16/h2-9,14,18H,1H3. The third kappa shape index (κ3) is 2.99. The van der Waals surface area contributed by atoms with Gasteiger partial charge in [0.15, 0.2) is 0 Å². The lowest BCUT2D eigenvalue weighted by molar-refractivity contribution is 0.151. The number of aliphatic hydroxyl groups excluding tert-OH is 1. The molecule has 2 rings (SSSR count). The molecule has 1 heterocycles. The van der Waals surface area contributed by atoms with Crippen LogP contribution in [0.3, 0.4) is 0 Å². The third-order valence-corrected chi connectivity index (χ3v) is 4.20. The Hall–Kier alpha value is -0.710. The fourth-order valence-electron chi connectivity index (χ4n) is 1.86. The zero-order valence-corrected chi connectivity index (χ0v) is 13.0. The summed E-state index contributed by atoms with van der Waals surface area (Å²) in [5, 5.41) is 10.5. The summed E-state index contributed by atoms with van der Waals surface area (Å²) in [4.78, 5) is 3.99. The van der Waals surface area contributed by atoms with E-state index in [4.69, 9.17) is 0 Å². The zero-order valence-electron chi connectivity index (χ0n) is 9.85. The van der Waals surface area contributed by atoms with Gasteiger partial charge in [-0.1, -0.05) is 38.8 Å². The zero-order chi connectivity index (χ0) is 13.1. The Bertz CT molecular complexity index is 531. The van der Waals surface area contributed by atoms with Crippen LogP contribution in [0.4, 0.5) is 0 Å². The van der Waals surface area contributed by atoms with Crippen LogP contribution in [0.2, 0.25) is 0 Å². The first-order valence-corrected chi connectivity index (χ1v) is 7.21. The van der Waals surface area contributed by atoms with Gasteiger partial charge in [0.05, 0.1) is 6.10 Å². The molecular formula is C14H13Br2NO. The van der Waals surface area contributed by atoms with Crippen molar-refractivity contribution in [2.24, 2.45) is 0 Å². The monoisotopic (exact) mass is 369 g/mol. The average molecular weight is 371 g/mol. The Morgan fingerprint density at radius 2 is 1.78 bits per heavy atom. The number of rotatable bonds is 3. The van der Waals surface area contributed by atoms with Crippen LogP contribution in [0, 0.1) is 0 Å². The molecule has 4 heteroatoms. The van der Waals surface area contributed by atoms with E-state index in [1.54, 1.807) is 12.4 Å². The van der Waals surface area contributed by atoms with E-state index in [1.807, 2.05) is 37.3 Å². The van der Waals surface area contributed by atoms with Gasteiger partial charge in [0.25, 0.3) is 0 Å².